The Morgan fingerprint density at radius 3 is 2.92 bits per heavy atom. The van der Waals surface area contributed by atoms with Crippen molar-refractivity contribution in [3.8, 4) is 0 Å². The zero-order valence-corrected chi connectivity index (χ0v) is 7.86. The number of nitrogens with one attached hydrogen (secondary N) is 1. The Bertz CT molecular complexity index is 261. The molecule has 0 fully saturated rings. The van der Waals surface area contributed by atoms with Gasteiger partial charge in [0.15, 0.2) is 0 Å². The lowest BCUT2D eigenvalue weighted by Crippen LogP contribution is -2.02. The molecule has 3 N–H and O–H groups in total. The third-order valence-corrected chi connectivity index (χ3v) is 1.82. The van der Waals surface area contributed by atoms with Gasteiger partial charge in [0.25, 0.3) is 0 Å². The van der Waals surface area contributed by atoms with E-state index in [1.54, 1.807) is 12.1 Å². The van der Waals surface area contributed by atoms with Crippen molar-refractivity contribution < 1.29 is 0 Å². The van der Waals surface area contributed by atoms with Crippen LogP contribution in [0.25, 0.3) is 0 Å². The summed E-state index contributed by atoms with van der Waals surface area (Å²) in [6.45, 7) is 3.03. The fraction of sp³-hybridized carbons (Fsp3) is 0.333. The zero-order chi connectivity index (χ0) is 8.97. The summed E-state index contributed by atoms with van der Waals surface area (Å²) in [6, 6.07) is 5.43. The van der Waals surface area contributed by atoms with Gasteiger partial charge in [-0.15, -0.1) is 0 Å². The summed E-state index contributed by atoms with van der Waals surface area (Å²) in [4.78, 5) is 0. The molecule has 0 saturated heterocycles. The van der Waals surface area contributed by atoms with Crippen LogP contribution in [0.4, 0.5) is 11.4 Å². The van der Waals surface area contributed by atoms with Crippen LogP contribution < -0.4 is 11.1 Å². The molecule has 1 rings (SSSR count). The maximum atomic E-state index is 5.80. The number of rotatable bonds is 3. The van der Waals surface area contributed by atoms with Gasteiger partial charge in [-0.05, 0) is 24.6 Å². The van der Waals surface area contributed by atoms with E-state index in [2.05, 4.69) is 12.2 Å². The van der Waals surface area contributed by atoms with Gasteiger partial charge in [0.2, 0.25) is 0 Å². The lowest BCUT2D eigenvalue weighted by Gasteiger charge is -2.07. The van der Waals surface area contributed by atoms with Gasteiger partial charge in [-0.1, -0.05) is 18.5 Å². The first-order valence-electron chi connectivity index (χ1n) is 4.03. The van der Waals surface area contributed by atoms with Gasteiger partial charge in [-0.2, -0.15) is 0 Å². The first-order valence-corrected chi connectivity index (χ1v) is 4.40. The molecule has 1 aromatic rings. The van der Waals surface area contributed by atoms with Crippen LogP contribution in [0.15, 0.2) is 18.2 Å². The van der Waals surface area contributed by atoms with Crippen LogP contribution >= 0.6 is 11.6 Å². The van der Waals surface area contributed by atoms with E-state index in [1.165, 1.54) is 0 Å². The van der Waals surface area contributed by atoms with Crippen molar-refractivity contribution in [3.05, 3.63) is 23.2 Å². The maximum Gasteiger partial charge on any atom is 0.0588 e. The average molecular weight is 185 g/mol. The van der Waals surface area contributed by atoms with Crippen LogP contribution in [0.2, 0.25) is 5.02 Å². The number of nitrogens with two attached hydrogens (primary N) is 1. The summed E-state index contributed by atoms with van der Waals surface area (Å²) in [7, 11) is 0. The van der Waals surface area contributed by atoms with Gasteiger partial charge in [0.05, 0.1) is 11.4 Å². The largest absolute Gasteiger partial charge is 0.397 e. The predicted molar refractivity (Wildman–Crippen MR) is 54.6 cm³/mol. The second-order valence-electron chi connectivity index (χ2n) is 2.66. The number of hydrogen-bond donors (Lipinski definition) is 2. The summed E-state index contributed by atoms with van der Waals surface area (Å²) in [5, 5.41) is 3.90. The zero-order valence-electron chi connectivity index (χ0n) is 7.10. The summed E-state index contributed by atoms with van der Waals surface area (Å²) < 4.78 is 0. The number of benzene rings is 1. The predicted octanol–water partition coefficient (Wildman–Crippen LogP) is 2.74. The standard InChI is InChI=1S/C9H13ClN2/c1-2-5-12-9-6-7(10)3-4-8(9)11/h3-4,6,12H,2,5,11H2,1H3. The van der Waals surface area contributed by atoms with Crippen LogP contribution in [-0.2, 0) is 0 Å². The summed E-state index contributed by atoms with van der Waals surface area (Å²) >= 11 is 5.80. The molecule has 1 aromatic carbocycles. The summed E-state index contributed by atoms with van der Waals surface area (Å²) in [5.41, 5.74) is 7.37. The summed E-state index contributed by atoms with van der Waals surface area (Å²) in [6.07, 6.45) is 1.08. The SMILES string of the molecule is CCCNc1cc(Cl)ccc1N. The molecule has 66 valence electrons. The number of hydrogen-bond acceptors (Lipinski definition) is 2. The monoisotopic (exact) mass is 184 g/mol. The fourth-order valence-electron chi connectivity index (χ4n) is 0.941. The highest BCUT2D eigenvalue weighted by atomic mass is 35.5. The lowest BCUT2D eigenvalue weighted by molar-refractivity contribution is 0.980. The molecule has 0 unspecified atom stereocenters. The van der Waals surface area contributed by atoms with Crippen molar-refractivity contribution in [2.45, 2.75) is 13.3 Å². The van der Waals surface area contributed by atoms with Gasteiger partial charge in [0.1, 0.15) is 0 Å². The molecule has 0 saturated carbocycles. The van der Waals surface area contributed by atoms with Crippen molar-refractivity contribution in [1.29, 1.82) is 0 Å². The van der Waals surface area contributed by atoms with E-state index >= 15 is 0 Å². The number of nitrogen functional groups attached to an aromatic ring is 1. The molecule has 0 aliphatic carbocycles. The Balaban J connectivity index is 2.75. The van der Waals surface area contributed by atoms with E-state index in [-0.39, 0.29) is 0 Å². The lowest BCUT2D eigenvalue weighted by atomic mass is 10.2. The molecular formula is C9H13ClN2. The third-order valence-electron chi connectivity index (χ3n) is 1.58. The first-order chi connectivity index (χ1) is 5.74. The van der Waals surface area contributed by atoms with Crippen LogP contribution in [-0.4, -0.2) is 6.54 Å². The number of halogens is 1. The minimum atomic E-state index is 0.711. The Kier molecular flexibility index (Phi) is 3.23. The highest BCUT2D eigenvalue weighted by Gasteiger charge is 1.97. The Hall–Kier alpha value is -0.890. The van der Waals surface area contributed by atoms with Crippen molar-refractivity contribution in [3.63, 3.8) is 0 Å². The van der Waals surface area contributed by atoms with Crippen LogP contribution in [0.3, 0.4) is 0 Å². The maximum absolute atomic E-state index is 5.80. The normalized spacial score (nSPS) is 9.83. The molecule has 12 heavy (non-hydrogen) atoms. The Morgan fingerprint density at radius 1 is 1.50 bits per heavy atom. The topological polar surface area (TPSA) is 38.0 Å². The van der Waals surface area contributed by atoms with Crippen molar-refractivity contribution in [1.82, 2.24) is 0 Å². The van der Waals surface area contributed by atoms with Gasteiger partial charge < -0.3 is 11.1 Å². The van der Waals surface area contributed by atoms with Crippen LogP contribution in [0.5, 0.6) is 0 Å². The quantitative estimate of drug-likeness (QED) is 0.709. The molecule has 0 aliphatic rings. The Morgan fingerprint density at radius 2 is 2.25 bits per heavy atom. The molecule has 2 nitrogen and oxygen atoms in total. The molecule has 0 heterocycles. The van der Waals surface area contributed by atoms with E-state index in [1.807, 2.05) is 6.07 Å². The molecule has 0 amide bonds. The van der Waals surface area contributed by atoms with E-state index in [4.69, 9.17) is 17.3 Å². The van der Waals surface area contributed by atoms with Gasteiger partial charge in [-0.25, -0.2) is 0 Å². The molecule has 0 spiro atoms. The summed E-state index contributed by atoms with van der Waals surface area (Å²) in [5.74, 6) is 0. The highest BCUT2D eigenvalue weighted by Crippen LogP contribution is 2.22. The molecule has 3 heteroatoms. The van der Waals surface area contributed by atoms with Crippen molar-refractivity contribution in [2.24, 2.45) is 0 Å². The van der Waals surface area contributed by atoms with Gasteiger partial charge in [0, 0.05) is 11.6 Å². The highest BCUT2D eigenvalue weighted by molar-refractivity contribution is 6.31. The fourth-order valence-corrected chi connectivity index (χ4v) is 1.11. The van der Waals surface area contributed by atoms with Gasteiger partial charge in [-0.3, -0.25) is 0 Å². The number of anilines is 2. The minimum absolute atomic E-state index is 0.711. The smallest absolute Gasteiger partial charge is 0.0588 e. The molecular weight excluding hydrogens is 172 g/mol. The Labute approximate surface area is 77.7 Å². The van der Waals surface area contributed by atoms with E-state index in [0.717, 1.165) is 24.3 Å². The van der Waals surface area contributed by atoms with Crippen molar-refractivity contribution >= 4 is 23.0 Å². The van der Waals surface area contributed by atoms with Crippen LogP contribution in [0, 0.1) is 0 Å². The molecule has 0 radical (unpaired) electrons. The molecule has 0 bridgehead atoms. The van der Waals surface area contributed by atoms with E-state index in [9.17, 15) is 0 Å². The average Bonchev–Trinajstić information content (AvgIpc) is 2.07. The second-order valence-corrected chi connectivity index (χ2v) is 3.09. The van der Waals surface area contributed by atoms with Crippen molar-refractivity contribution in [2.75, 3.05) is 17.6 Å². The molecule has 0 aromatic heterocycles. The molecule has 0 aliphatic heterocycles. The van der Waals surface area contributed by atoms with E-state index < -0.39 is 0 Å². The van der Waals surface area contributed by atoms with Gasteiger partial charge >= 0.3 is 0 Å². The van der Waals surface area contributed by atoms with Crippen LogP contribution in [0.1, 0.15) is 13.3 Å². The minimum Gasteiger partial charge on any atom is -0.397 e. The first kappa shape index (κ1) is 9.20. The van der Waals surface area contributed by atoms with E-state index in [0.29, 0.717) is 5.02 Å². The molecule has 0 atom stereocenters. The second kappa shape index (κ2) is 4.21. The third kappa shape index (κ3) is 2.31.